The van der Waals surface area contributed by atoms with Gasteiger partial charge in [-0.1, -0.05) is 13.8 Å². The van der Waals surface area contributed by atoms with Crippen LogP contribution in [0.3, 0.4) is 0 Å². The van der Waals surface area contributed by atoms with Crippen LogP contribution in [0.15, 0.2) is 10.8 Å². The van der Waals surface area contributed by atoms with E-state index < -0.39 is 34.2 Å². The molecule has 1 rings (SSSR count). The van der Waals surface area contributed by atoms with Crippen LogP contribution < -0.4 is 0 Å². The van der Waals surface area contributed by atoms with Crippen molar-refractivity contribution in [3.8, 4) is 0 Å². The molecule has 0 radical (unpaired) electrons. The van der Waals surface area contributed by atoms with Crippen LogP contribution in [0.1, 0.15) is 84.5 Å². The van der Waals surface area contributed by atoms with E-state index in [1.54, 1.807) is 41.5 Å². The van der Waals surface area contributed by atoms with Crippen LogP contribution in [-0.4, -0.2) is 29.5 Å². The first kappa shape index (κ1) is 22.9. The number of oxazole rings is 1. The molecule has 1 heterocycles. The van der Waals surface area contributed by atoms with Crippen molar-refractivity contribution in [1.29, 1.82) is 0 Å². The number of esters is 3. The Labute approximate surface area is 160 Å². The van der Waals surface area contributed by atoms with Crippen LogP contribution in [0.25, 0.3) is 0 Å². The first-order valence-corrected chi connectivity index (χ1v) is 9.10. The van der Waals surface area contributed by atoms with Gasteiger partial charge in [-0.15, -0.1) is 0 Å². The average Bonchev–Trinajstić information content (AvgIpc) is 3.03. The third-order valence-corrected chi connectivity index (χ3v) is 4.38. The highest BCUT2D eigenvalue weighted by molar-refractivity contribution is 5.90. The Hall–Kier alpha value is -2.18. The fourth-order valence-corrected chi connectivity index (χ4v) is 2.29. The van der Waals surface area contributed by atoms with Crippen molar-refractivity contribution in [3.05, 3.63) is 17.8 Å². The third kappa shape index (κ3) is 5.91. The molecule has 1 aromatic rings. The molecule has 0 unspecified atom stereocenters. The van der Waals surface area contributed by atoms with Crippen molar-refractivity contribution >= 4 is 17.9 Å². The minimum atomic E-state index is -0.873. The van der Waals surface area contributed by atoms with E-state index in [2.05, 4.69) is 4.98 Å². The molecule has 0 saturated heterocycles. The molecule has 1 aromatic heterocycles. The summed E-state index contributed by atoms with van der Waals surface area (Å²) in [7, 11) is 0. The van der Waals surface area contributed by atoms with Crippen molar-refractivity contribution in [2.24, 2.45) is 10.8 Å². The number of rotatable bonds is 7. The first-order valence-electron chi connectivity index (χ1n) is 9.10. The SMILES string of the molecule is CCOC(=O)c1ncoc1C(C)(C)CCC(C)(C)C(=O)OC(=O)C(C)(C)C. The fourth-order valence-electron chi connectivity index (χ4n) is 2.29. The van der Waals surface area contributed by atoms with E-state index >= 15 is 0 Å². The number of hydrogen-bond donors (Lipinski definition) is 0. The highest BCUT2D eigenvalue weighted by atomic mass is 16.6. The summed E-state index contributed by atoms with van der Waals surface area (Å²) in [4.78, 5) is 40.4. The van der Waals surface area contributed by atoms with Crippen molar-refractivity contribution in [2.45, 2.75) is 73.6 Å². The largest absolute Gasteiger partial charge is 0.461 e. The predicted octanol–water partition coefficient (Wildman–Crippen LogP) is 4.05. The smallest absolute Gasteiger partial charge is 0.360 e. The van der Waals surface area contributed by atoms with Gasteiger partial charge in [0.05, 0.1) is 17.4 Å². The Kier molecular flexibility index (Phi) is 6.97. The van der Waals surface area contributed by atoms with Gasteiger partial charge in [-0.25, -0.2) is 9.78 Å². The lowest BCUT2D eigenvalue weighted by atomic mass is 9.77. The molecule has 152 valence electrons. The number of hydrogen-bond acceptors (Lipinski definition) is 7. The van der Waals surface area contributed by atoms with Crippen LogP contribution in [0.4, 0.5) is 0 Å². The van der Waals surface area contributed by atoms with Gasteiger partial charge >= 0.3 is 17.9 Å². The van der Waals surface area contributed by atoms with Gasteiger partial charge in [0.1, 0.15) is 5.76 Å². The second-order valence-corrected chi connectivity index (χ2v) is 8.95. The minimum Gasteiger partial charge on any atom is -0.461 e. The van der Waals surface area contributed by atoms with Gasteiger partial charge in [0.2, 0.25) is 0 Å². The number of nitrogens with zero attached hydrogens (tertiary/aromatic N) is 1. The molecule has 7 heteroatoms. The predicted molar refractivity (Wildman–Crippen MR) is 99.1 cm³/mol. The van der Waals surface area contributed by atoms with Gasteiger partial charge in [-0.05, 0) is 54.4 Å². The zero-order valence-electron chi connectivity index (χ0n) is 17.6. The van der Waals surface area contributed by atoms with Gasteiger partial charge in [0.25, 0.3) is 0 Å². The van der Waals surface area contributed by atoms with Gasteiger partial charge in [-0.2, -0.15) is 0 Å². The van der Waals surface area contributed by atoms with Crippen LogP contribution >= 0.6 is 0 Å². The Bertz CT molecular complexity index is 694. The molecular formula is C20H31NO6. The molecule has 0 N–H and O–H groups in total. The minimum absolute atomic E-state index is 0.144. The molecule has 0 spiro atoms. The number of aromatic nitrogens is 1. The Morgan fingerprint density at radius 1 is 1.00 bits per heavy atom. The van der Waals surface area contributed by atoms with E-state index in [0.717, 1.165) is 0 Å². The average molecular weight is 381 g/mol. The third-order valence-electron chi connectivity index (χ3n) is 4.38. The van der Waals surface area contributed by atoms with E-state index in [9.17, 15) is 14.4 Å². The van der Waals surface area contributed by atoms with E-state index in [-0.39, 0.29) is 12.3 Å². The molecule has 0 atom stereocenters. The van der Waals surface area contributed by atoms with Crippen LogP contribution in [0, 0.1) is 10.8 Å². The quantitative estimate of drug-likeness (QED) is 0.519. The molecule has 0 aromatic carbocycles. The molecule has 0 aliphatic heterocycles. The van der Waals surface area contributed by atoms with Crippen molar-refractivity contribution in [2.75, 3.05) is 6.61 Å². The molecule has 7 nitrogen and oxygen atoms in total. The lowest BCUT2D eigenvalue weighted by molar-refractivity contribution is -0.171. The number of ether oxygens (including phenoxy) is 2. The Morgan fingerprint density at radius 2 is 1.59 bits per heavy atom. The van der Waals surface area contributed by atoms with E-state index in [1.165, 1.54) is 6.39 Å². The molecule has 27 heavy (non-hydrogen) atoms. The van der Waals surface area contributed by atoms with Crippen LogP contribution in [-0.2, 0) is 24.5 Å². The maximum Gasteiger partial charge on any atom is 0.360 e. The topological polar surface area (TPSA) is 95.7 Å². The van der Waals surface area contributed by atoms with Gasteiger partial charge in [-0.3, -0.25) is 9.59 Å². The van der Waals surface area contributed by atoms with E-state index in [0.29, 0.717) is 18.6 Å². The Balaban J connectivity index is 2.86. The number of carbonyl (C=O) groups excluding carboxylic acids is 3. The normalized spacial score (nSPS) is 12.6. The summed E-state index contributed by atoms with van der Waals surface area (Å²) in [5.41, 5.74) is -2.04. The second-order valence-electron chi connectivity index (χ2n) is 8.95. The highest BCUT2D eigenvalue weighted by Crippen LogP contribution is 2.36. The maximum atomic E-state index is 12.4. The standard InChI is InChI=1S/C20H31NO6/c1-9-25-15(22)13-14(26-12-21-13)19(5,6)10-11-20(7,8)17(24)27-16(23)18(2,3)4/h12H,9-11H2,1-8H3. The number of carbonyl (C=O) groups is 3. The molecule has 0 aliphatic rings. The summed E-state index contributed by atoms with van der Waals surface area (Å²) in [5, 5.41) is 0. The summed E-state index contributed by atoms with van der Waals surface area (Å²) in [6.45, 7) is 14.3. The van der Waals surface area contributed by atoms with Crippen LogP contribution in [0.5, 0.6) is 0 Å². The summed E-state index contributed by atoms with van der Waals surface area (Å²) in [6.07, 6.45) is 2.16. The zero-order chi connectivity index (χ0) is 21.0. The van der Waals surface area contributed by atoms with Crippen molar-refractivity contribution in [3.63, 3.8) is 0 Å². The Morgan fingerprint density at radius 3 is 2.11 bits per heavy atom. The summed E-state index contributed by atoms with van der Waals surface area (Å²) in [5.74, 6) is -1.25. The summed E-state index contributed by atoms with van der Waals surface area (Å²) in [6, 6.07) is 0. The zero-order valence-corrected chi connectivity index (χ0v) is 17.6. The fraction of sp³-hybridized carbons (Fsp3) is 0.700. The highest BCUT2D eigenvalue weighted by Gasteiger charge is 2.38. The molecule has 0 amide bonds. The van der Waals surface area contributed by atoms with E-state index in [1.807, 2.05) is 13.8 Å². The van der Waals surface area contributed by atoms with Crippen molar-refractivity contribution in [1.82, 2.24) is 4.98 Å². The lowest BCUT2D eigenvalue weighted by Gasteiger charge is -2.29. The second kappa shape index (κ2) is 8.23. The monoisotopic (exact) mass is 381 g/mol. The summed E-state index contributed by atoms with van der Waals surface area (Å²) >= 11 is 0. The van der Waals surface area contributed by atoms with Crippen molar-refractivity contribution < 1.29 is 28.3 Å². The molecular weight excluding hydrogens is 350 g/mol. The van der Waals surface area contributed by atoms with Gasteiger partial charge < -0.3 is 13.9 Å². The molecule has 0 aliphatic carbocycles. The maximum absolute atomic E-state index is 12.4. The first-order chi connectivity index (χ1) is 12.2. The lowest BCUT2D eigenvalue weighted by Crippen LogP contribution is -2.34. The van der Waals surface area contributed by atoms with Gasteiger partial charge in [0, 0.05) is 5.41 Å². The van der Waals surface area contributed by atoms with Crippen LogP contribution in [0.2, 0.25) is 0 Å². The summed E-state index contributed by atoms with van der Waals surface area (Å²) < 4.78 is 15.5. The van der Waals surface area contributed by atoms with E-state index in [4.69, 9.17) is 13.9 Å². The van der Waals surface area contributed by atoms with Gasteiger partial charge in [0.15, 0.2) is 12.1 Å². The molecule has 0 fully saturated rings. The molecule has 0 bridgehead atoms. The molecule has 0 saturated carbocycles.